The number of hydrogen-bond acceptors (Lipinski definition) is 3. The van der Waals surface area contributed by atoms with Crippen LogP contribution in [-0.4, -0.2) is 48.7 Å². The molecule has 0 rings (SSSR count). The molecule has 12 heavy (non-hydrogen) atoms. The van der Waals surface area contributed by atoms with Gasteiger partial charge >= 0.3 is 35.5 Å². The van der Waals surface area contributed by atoms with Crippen LogP contribution in [0, 0.1) is 0 Å². The second kappa shape index (κ2) is 11.4. The summed E-state index contributed by atoms with van der Waals surface area (Å²) in [6.07, 6.45) is 3.69. The number of ether oxygens (including phenoxy) is 1. The van der Waals surface area contributed by atoms with Gasteiger partial charge in [-0.25, -0.2) is 0 Å². The molecule has 68 valence electrons. The Morgan fingerprint density at radius 1 is 1.42 bits per heavy atom. The minimum atomic E-state index is -0.121. The molecule has 0 fully saturated rings. The van der Waals surface area contributed by atoms with E-state index in [0.29, 0.717) is 19.6 Å². The van der Waals surface area contributed by atoms with E-state index in [1.807, 2.05) is 0 Å². The fourth-order valence-corrected chi connectivity index (χ4v) is 0.764. The zero-order valence-electron chi connectivity index (χ0n) is 7.14. The normalized spacial score (nSPS) is 8.83. The molecule has 0 amide bonds. The molecule has 4 heteroatoms. The molecule has 0 saturated carbocycles. The van der Waals surface area contributed by atoms with Crippen molar-refractivity contribution < 1.29 is 9.53 Å². The maximum atomic E-state index is 10.8. The van der Waals surface area contributed by atoms with Crippen molar-refractivity contribution in [3.63, 3.8) is 0 Å². The van der Waals surface area contributed by atoms with E-state index in [9.17, 15) is 4.79 Å². The van der Waals surface area contributed by atoms with Gasteiger partial charge < -0.3 is 10.5 Å². The molecule has 0 heterocycles. The van der Waals surface area contributed by atoms with Crippen LogP contribution in [0.2, 0.25) is 0 Å². The van der Waals surface area contributed by atoms with Gasteiger partial charge in [0.1, 0.15) is 6.61 Å². The van der Waals surface area contributed by atoms with E-state index in [0.717, 1.165) is 19.3 Å². The fourth-order valence-electron chi connectivity index (χ4n) is 0.764. The summed E-state index contributed by atoms with van der Waals surface area (Å²) in [4.78, 5) is 10.8. The third-order valence-corrected chi connectivity index (χ3v) is 1.37. The third-order valence-electron chi connectivity index (χ3n) is 1.37. The van der Waals surface area contributed by atoms with Gasteiger partial charge in [0.2, 0.25) is 0 Å². The summed E-state index contributed by atoms with van der Waals surface area (Å²) >= 11 is 0. The van der Waals surface area contributed by atoms with Gasteiger partial charge in [0.15, 0.2) is 0 Å². The van der Waals surface area contributed by atoms with Crippen molar-refractivity contribution in [1.29, 1.82) is 0 Å². The fraction of sp³-hybridized carbons (Fsp3) is 0.875. The predicted molar refractivity (Wildman–Crippen MR) is 51.3 cm³/mol. The molecule has 2 N–H and O–H groups in total. The summed E-state index contributed by atoms with van der Waals surface area (Å²) in [5, 5.41) is 0. The Bertz CT molecular complexity index is 109. The number of hydrogen-bond donors (Lipinski definition) is 1. The van der Waals surface area contributed by atoms with E-state index in [4.69, 9.17) is 10.5 Å². The van der Waals surface area contributed by atoms with Gasteiger partial charge in [0.25, 0.3) is 0 Å². The van der Waals surface area contributed by atoms with Crippen molar-refractivity contribution in [3.05, 3.63) is 0 Å². The number of carbonyl (C=O) groups excluding carboxylic acids is 1. The van der Waals surface area contributed by atoms with Crippen LogP contribution >= 0.6 is 0 Å². The average molecular weight is 183 g/mol. The van der Waals surface area contributed by atoms with E-state index in [-0.39, 0.29) is 35.5 Å². The van der Waals surface area contributed by atoms with Gasteiger partial charge in [0.05, 0.1) is 0 Å². The summed E-state index contributed by atoms with van der Waals surface area (Å²) in [7, 11) is 0. The van der Waals surface area contributed by atoms with Crippen LogP contribution in [0.25, 0.3) is 0 Å². The summed E-state index contributed by atoms with van der Waals surface area (Å²) < 4.78 is 4.77. The van der Waals surface area contributed by atoms with Gasteiger partial charge in [-0.2, -0.15) is 0 Å². The van der Waals surface area contributed by atoms with Crippen LogP contribution in [0.5, 0.6) is 0 Å². The van der Waals surface area contributed by atoms with E-state index in [2.05, 4.69) is 6.92 Å². The quantitative estimate of drug-likeness (QED) is 0.369. The van der Waals surface area contributed by atoms with Crippen molar-refractivity contribution in [2.24, 2.45) is 5.73 Å². The second-order valence-corrected chi connectivity index (χ2v) is 2.47. The van der Waals surface area contributed by atoms with E-state index < -0.39 is 0 Å². The standard InChI is InChI=1S/C8H17NO2.Na.H/c1-2-3-4-5-8(10)11-7-6-9;;/h2-7,9H2,1H3;;. The number of nitrogens with two attached hydrogens (primary N) is 1. The summed E-state index contributed by atoms with van der Waals surface area (Å²) in [6, 6.07) is 0. The van der Waals surface area contributed by atoms with Crippen LogP contribution in [-0.2, 0) is 9.53 Å². The zero-order valence-corrected chi connectivity index (χ0v) is 7.14. The van der Waals surface area contributed by atoms with Crippen LogP contribution in [0.3, 0.4) is 0 Å². The van der Waals surface area contributed by atoms with Crippen molar-refractivity contribution >= 4 is 35.5 Å². The van der Waals surface area contributed by atoms with Gasteiger partial charge in [-0.1, -0.05) is 19.8 Å². The molecular weight excluding hydrogens is 165 g/mol. The first-order valence-electron chi connectivity index (χ1n) is 4.17. The van der Waals surface area contributed by atoms with E-state index in [1.54, 1.807) is 0 Å². The molecule has 0 spiro atoms. The number of esters is 1. The Balaban J connectivity index is 0. The van der Waals surface area contributed by atoms with Gasteiger partial charge in [-0.3, -0.25) is 4.79 Å². The number of carbonyl (C=O) groups is 1. The molecule has 0 aromatic carbocycles. The molecule has 0 unspecified atom stereocenters. The average Bonchev–Trinajstić information content (AvgIpc) is 2.01. The molecule has 0 saturated heterocycles. The monoisotopic (exact) mass is 183 g/mol. The van der Waals surface area contributed by atoms with Gasteiger partial charge in [0, 0.05) is 13.0 Å². The molecular formula is C8H18NNaO2. The van der Waals surface area contributed by atoms with E-state index >= 15 is 0 Å². The molecule has 0 aliphatic heterocycles. The van der Waals surface area contributed by atoms with Gasteiger partial charge in [-0.05, 0) is 6.42 Å². The van der Waals surface area contributed by atoms with Gasteiger partial charge in [-0.15, -0.1) is 0 Å². The van der Waals surface area contributed by atoms with E-state index in [1.165, 1.54) is 0 Å². The van der Waals surface area contributed by atoms with Crippen molar-refractivity contribution in [2.45, 2.75) is 32.6 Å². The SMILES string of the molecule is CCCCCC(=O)OCCN.[NaH]. The molecule has 0 aliphatic rings. The van der Waals surface area contributed by atoms with Crippen molar-refractivity contribution in [1.82, 2.24) is 0 Å². The summed E-state index contributed by atoms with van der Waals surface area (Å²) in [5.41, 5.74) is 5.15. The first kappa shape index (κ1) is 14.9. The Morgan fingerprint density at radius 3 is 2.58 bits per heavy atom. The zero-order chi connectivity index (χ0) is 8.53. The maximum absolute atomic E-state index is 10.8. The topological polar surface area (TPSA) is 52.3 Å². The number of rotatable bonds is 6. The molecule has 3 nitrogen and oxygen atoms in total. The minimum absolute atomic E-state index is 0. The van der Waals surface area contributed by atoms with Crippen molar-refractivity contribution in [2.75, 3.05) is 13.2 Å². The third kappa shape index (κ3) is 10.4. The number of unbranched alkanes of at least 4 members (excludes halogenated alkanes) is 2. The van der Waals surface area contributed by atoms with Crippen molar-refractivity contribution in [3.8, 4) is 0 Å². The molecule has 0 aromatic heterocycles. The first-order chi connectivity index (χ1) is 5.31. The van der Waals surface area contributed by atoms with Crippen LogP contribution < -0.4 is 5.73 Å². The summed E-state index contributed by atoms with van der Waals surface area (Å²) in [5.74, 6) is -0.121. The van der Waals surface area contributed by atoms with Crippen LogP contribution in [0.1, 0.15) is 32.6 Å². The Kier molecular flexibility index (Phi) is 14.2. The molecule has 0 aromatic rings. The summed E-state index contributed by atoms with van der Waals surface area (Å²) in [6.45, 7) is 2.87. The Labute approximate surface area is 96.3 Å². The molecule has 0 radical (unpaired) electrons. The molecule has 0 bridgehead atoms. The molecule has 0 aliphatic carbocycles. The van der Waals surface area contributed by atoms with Crippen LogP contribution in [0.4, 0.5) is 0 Å². The van der Waals surface area contributed by atoms with Crippen LogP contribution in [0.15, 0.2) is 0 Å². The second-order valence-electron chi connectivity index (χ2n) is 2.47. The Hall–Kier alpha value is 0.430. The Morgan fingerprint density at radius 2 is 2.08 bits per heavy atom. The predicted octanol–water partition coefficient (Wildman–Crippen LogP) is 0.420. The first-order valence-corrected chi connectivity index (χ1v) is 4.17. The molecule has 0 atom stereocenters.